The number of rotatable bonds is 1. The highest BCUT2D eigenvalue weighted by Gasteiger charge is 2.07. The van der Waals surface area contributed by atoms with Crippen molar-refractivity contribution in [2.45, 2.75) is 6.92 Å². The fourth-order valence-corrected chi connectivity index (χ4v) is 1.64. The Labute approximate surface area is 97.3 Å². The van der Waals surface area contributed by atoms with Crippen molar-refractivity contribution in [2.75, 3.05) is 5.73 Å². The number of hydrogen-bond acceptors (Lipinski definition) is 3. The van der Waals surface area contributed by atoms with Crippen LogP contribution < -0.4 is 11.3 Å². The molecule has 5 heteroatoms. The zero-order valence-corrected chi connectivity index (χ0v) is 9.40. The molecule has 1 aromatic carbocycles. The maximum Gasteiger partial charge on any atom is 0.297 e. The molecule has 0 fully saturated rings. The fourth-order valence-electron chi connectivity index (χ4n) is 1.47. The van der Waals surface area contributed by atoms with Crippen LogP contribution in [-0.4, -0.2) is 9.55 Å². The summed E-state index contributed by atoms with van der Waals surface area (Å²) in [7, 11) is 0. The van der Waals surface area contributed by atoms with Crippen molar-refractivity contribution < 1.29 is 0 Å². The first-order valence-electron chi connectivity index (χ1n) is 4.70. The molecule has 0 unspecified atom stereocenters. The molecule has 0 amide bonds. The third kappa shape index (κ3) is 1.67. The number of aromatic nitrogens is 2. The van der Waals surface area contributed by atoms with E-state index in [4.69, 9.17) is 17.3 Å². The van der Waals surface area contributed by atoms with E-state index in [1.807, 2.05) is 13.0 Å². The molecule has 0 saturated carbocycles. The van der Waals surface area contributed by atoms with Gasteiger partial charge in [0.15, 0.2) is 5.82 Å². The van der Waals surface area contributed by atoms with Crippen molar-refractivity contribution in [3.8, 4) is 5.69 Å². The second-order valence-corrected chi connectivity index (χ2v) is 3.78. The summed E-state index contributed by atoms with van der Waals surface area (Å²) in [5, 5.41) is 0.611. The van der Waals surface area contributed by atoms with Crippen molar-refractivity contribution in [1.29, 1.82) is 0 Å². The van der Waals surface area contributed by atoms with E-state index < -0.39 is 0 Å². The number of anilines is 1. The SMILES string of the molecule is Cc1c(Cl)cccc1-n1ccnc(N)c1=O. The van der Waals surface area contributed by atoms with Gasteiger partial charge in [-0.1, -0.05) is 17.7 Å². The summed E-state index contributed by atoms with van der Waals surface area (Å²) >= 11 is 5.99. The van der Waals surface area contributed by atoms with Crippen LogP contribution in [0.1, 0.15) is 5.56 Å². The molecule has 2 N–H and O–H groups in total. The predicted octanol–water partition coefficient (Wildman–Crippen LogP) is 1.78. The first-order chi connectivity index (χ1) is 7.61. The van der Waals surface area contributed by atoms with Gasteiger partial charge in [-0.25, -0.2) is 4.98 Å². The van der Waals surface area contributed by atoms with Crippen LogP contribution in [0.4, 0.5) is 5.82 Å². The third-order valence-electron chi connectivity index (χ3n) is 2.37. The van der Waals surface area contributed by atoms with Crippen LogP contribution in [0.15, 0.2) is 35.4 Å². The Kier molecular flexibility index (Phi) is 2.66. The molecule has 1 aromatic heterocycles. The van der Waals surface area contributed by atoms with Crippen molar-refractivity contribution in [3.63, 3.8) is 0 Å². The third-order valence-corrected chi connectivity index (χ3v) is 2.78. The van der Waals surface area contributed by atoms with Gasteiger partial charge in [0.1, 0.15) is 0 Å². The molecule has 0 saturated heterocycles. The second kappa shape index (κ2) is 3.98. The zero-order valence-electron chi connectivity index (χ0n) is 8.64. The molecular formula is C11H10ClN3O. The highest BCUT2D eigenvalue weighted by Crippen LogP contribution is 2.20. The van der Waals surface area contributed by atoms with Gasteiger partial charge in [-0.15, -0.1) is 0 Å². The molecule has 0 bridgehead atoms. The molecule has 1 heterocycles. The van der Waals surface area contributed by atoms with E-state index >= 15 is 0 Å². The number of benzene rings is 1. The Balaban J connectivity index is 2.73. The van der Waals surface area contributed by atoms with Gasteiger partial charge >= 0.3 is 0 Å². The van der Waals surface area contributed by atoms with E-state index in [0.29, 0.717) is 10.7 Å². The Morgan fingerprint density at radius 1 is 1.44 bits per heavy atom. The number of nitrogens with two attached hydrogens (primary N) is 1. The van der Waals surface area contributed by atoms with E-state index in [-0.39, 0.29) is 11.4 Å². The highest BCUT2D eigenvalue weighted by molar-refractivity contribution is 6.31. The van der Waals surface area contributed by atoms with Gasteiger partial charge in [0, 0.05) is 17.4 Å². The summed E-state index contributed by atoms with van der Waals surface area (Å²) in [5.74, 6) is -0.0260. The molecule has 0 spiro atoms. The van der Waals surface area contributed by atoms with Crippen LogP contribution in [-0.2, 0) is 0 Å². The molecule has 16 heavy (non-hydrogen) atoms. The number of nitrogens with zero attached hydrogens (tertiary/aromatic N) is 2. The lowest BCUT2D eigenvalue weighted by atomic mass is 10.2. The van der Waals surface area contributed by atoms with E-state index in [1.165, 1.54) is 10.8 Å². The summed E-state index contributed by atoms with van der Waals surface area (Å²) in [6.07, 6.45) is 3.05. The number of halogens is 1. The minimum Gasteiger partial charge on any atom is -0.379 e. The first kappa shape index (κ1) is 10.7. The van der Waals surface area contributed by atoms with Crippen LogP contribution in [0.2, 0.25) is 5.02 Å². The minimum absolute atomic E-state index is 0.0260. The van der Waals surface area contributed by atoms with Gasteiger partial charge in [0.2, 0.25) is 0 Å². The van der Waals surface area contributed by atoms with Gasteiger partial charge in [-0.3, -0.25) is 9.36 Å². The normalized spacial score (nSPS) is 10.4. The van der Waals surface area contributed by atoms with E-state index in [9.17, 15) is 4.79 Å². The van der Waals surface area contributed by atoms with Crippen molar-refractivity contribution in [3.05, 3.63) is 51.5 Å². The molecule has 0 atom stereocenters. The van der Waals surface area contributed by atoms with Crippen LogP contribution in [0.3, 0.4) is 0 Å². The largest absolute Gasteiger partial charge is 0.379 e. The molecule has 2 rings (SSSR count). The summed E-state index contributed by atoms with van der Waals surface area (Å²) < 4.78 is 1.43. The quantitative estimate of drug-likeness (QED) is 0.820. The molecule has 0 aliphatic rings. The maximum absolute atomic E-state index is 11.8. The van der Waals surface area contributed by atoms with Crippen molar-refractivity contribution in [2.24, 2.45) is 0 Å². The van der Waals surface area contributed by atoms with Crippen LogP contribution in [0, 0.1) is 6.92 Å². The maximum atomic E-state index is 11.8. The van der Waals surface area contributed by atoms with Gasteiger partial charge < -0.3 is 5.73 Å². The molecule has 2 aromatic rings. The minimum atomic E-state index is -0.340. The molecule has 0 aliphatic carbocycles. The van der Waals surface area contributed by atoms with Gasteiger partial charge in [-0.05, 0) is 24.6 Å². The van der Waals surface area contributed by atoms with Crippen LogP contribution in [0.25, 0.3) is 5.69 Å². The topological polar surface area (TPSA) is 60.9 Å². The number of hydrogen-bond donors (Lipinski definition) is 1. The van der Waals surface area contributed by atoms with Gasteiger partial charge in [0.05, 0.1) is 5.69 Å². The van der Waals surface area contributed by atoms with E-state index in [2.05, 4.69) is 4.98 Å². The van der Waals surface area contributed by atoms with Gasteiger partial charge in [-0.2, -0.15) is 0 Å². The lowest BCUT2D eigenvalue weighted by molar-refractivity contribution is 0.954. The van der Waals surface area contributed by atoms with E-state index in [1.54, 1.807) is 18.3 Å². The molecule has 0 radical (unpaired) electrons. The smallest absolute Gasteiger partial charge is 0.297 e. The summed E-state index contributed by atoms with van der Waals surface area (Å²) in [5.41, 5.74) is 6.67. The Morgan fingerprint density at radius 2 is 2.19 bits per heavy atom. The van der Waals surface area contributed by atoms with E-state index in [0.717, 1.165) is 5.56 Å². The monoisotopic (exact) mass is 235 g/mol. The fraction of sp³-hybridized carbons (Fsp3) is 0.0909. The second-order valence-electron chi connectivity index (χ2n) is 3.37. The van der Waals surface area contributed by atoms with Crippen LogP contribution >= 0.6 is 11.6 Å². The lowest BCUT2D eigenvalue weighted by Crippen LogP contribution is -2.22. The molecule has 82 valence electrons. The molecule has 4 nitrogen and oxygen atoms in total. The highest BCUT2D eigenvalue weighted by atomic mass is 35.5. The predicted molar refractivity (Wildman–Crippen MR) is 64.0 cm³/mol. The summed E-state index contributed by atoms with van der Waals surface area (Å²) in [4.78, 5) is 15.5. The summed E-state index contributed by atoms with van der Waals surface area (Å²) in [6.45, 7) is 1.85. The average molecular weight is 236 g/mol. The van der Waals surface area contributed by atoms with Crippen molar-refractivity contribution in [1.82, 2.24) is 9.55 Å². The van der Waals surface area contributed by atoms with Crippen molar-refractivity contribution >= 4 is 17.4 Å². The Morgan fingerprint density at radius 3 is 2.94 bits per heavy atom. The summed E-state index contributed by atoms with van der Waals surface area (Å²) in [6, 6.07) is 5.37. The lowest BCUT2D eigenvalue weighted by Gasteiger charge is -2.09. The molecule has 0 aliphatic heterocycles. The number of nitrogen functional groups attached to an aromatic ring is 1. The molecular weight excluding hydrogens is 226 g/mol. The van der Waals surface area contributed by atoms with Gasteiger partial charge in [0.25, 0.3) is 5.56 Å². The Hall–Kier alpha value is -1.81. The standard InChI is InChI=1S/C11H10ClN3O/c1-7-8(12)3-2-4-9(7)15-6-5-14-10(13)11(15)16/h2-6H,1H3,(H2,13,14). The average Bonchev–Trinajstić information content (AvgIpc) is 2.27. The zero-order chi connectivity index (χ0) is 11.7. The Bertz CT molecular complexity index is 592. The first-order valence-corrected chi connectivity index (χ1v) is 5.07. The van der Waals surface area contributed by atoms with Crippen LogP contribution in [0.5, 0.6) is 0 Å².